The molecule has 8 heteroatoms. The molecule has 0 fully saturated rings. The quantitative estimate of drug-likeness (QED) is 0.554. The number of hydrogen-bond donors (Lipinski definition) is 1. The van der Waals surface area contributed by atoms with Gasteiger partial charge in [-0.3, -0.25) is 14.9 Å². The number of rotatable bonds is 4. The first-order chi connectivity index (χ1) is 13.0. The van der Waals surface area contributed by atoms with E-state index in [2.05, 4.69) is 15.4 Å². The summed E-state index contributed by atoms with van der Waals surface area (Å²) in [4.78, 5) is 31.0. The number of aromatic nitrogens is 3. The van der Waals surface area contributed by atoms with E-state index in [4.69, 9.17) is 0 Å². The van der Waals surface area contributed by atoms with Gasteiger partial charge < -0.3 is 0 Å². The van der Waals surface area contributed by atoms with Crippen molar-refractivity contribution in [3.63, 3.8) is 0 Å². The van der Waals surface area contributed by atoms with Crippen molar-refractivity contribution in [2.24, 2.45) is 0 Å². The van der Waals surface area contributed by atoms with Crippen LogP contribution in [-0.2, 0) is 0 Å². The first-order valence-electron chi connectivity index (χ1n) is 8.37. The molecule has 0 aliphatic rings. The number of anilines is 1. The van der Waals surface area contributed by atoms with E-state index in [0.717, 1.165) is 10.6 Å². The topological polar surface area (TPSA) is 76.9 Å². The Morgan fingerprint density at radius 2 is 1.89 bits per heavy atom. The van der Waals surface area contributed by atoms with Crippen LogP contribution in [0.25, 0.3) is 21.3 Å². The number of carbonyl (C=O) groups excluding carboxylic acids is 1. The molecule has 136 valence electrons. The zero-order chi connectivity index (χ0) is 19.0. The number of thiazole rings is 1. The van der Waals surface area contributed by atoms with Crippen LogP contribution in [0.15, 0.2) is 52.0 Å². The second-order valence-electron chi connectivity index (χ2n) is 6.21. The predicted octanol–water partition coefficient (Wildman–Crippen LogP) is 4.41. The van der Waals surface area contributed by atoms with E-state index in [1.807, 2.05) is 36.7 Å². The Kier molecular flexibility index (Phi) is 4.59. The number of amides is 1. The molecule has 1 amide bonds. The summed E-state index contributed by atoms with van der Waals surface area (Å²) in [6.07, 6.45) is 0. The highest BCUT2D eigenvalue weighted by atomic mass is 32.1. The lowest BCUT2D eigenvalue weighted by atomic mass is 10.1. The van der Waals surface area contributed by atoms with Crippen LogP contribution in [0.1, 0.15) is 30.4 Å². The van der Waals surface area contributed by atoms with Crippen molar-refractivity contribution in [1.82, 2.24) is 14.8 Å². The molecule has 0 atom stereocenters. The Labute approximate surface area is 163 Å². The second kappa shape index (κ2) is 7.05. The third-order valence-corrected chi connectivity index (χ3v) is 5.68. The minimum atomic E-state index is -0.382. The van der Waals surface area contributed by atoms with Crippen LogP contribution in [0.5, 0.6) is 0 Å². The van der Waals surface area contributed by atoms with Gasteiger partial charge in [0.25, 0.3) is 11.5 Å². The molecule has 0 unspecified atom stereocenters. The maximum absolute atomic E-state index is 12.9. The van der Waals surface area contributed by atoms with Crippen molar-refractivity contribution in [2.75, 3.05) is 5.32 Å². The first kappa shape index (κ1) is 17.6. The third kappa shape index (κ3) is 3.29. The smallest absolute Gasteiger partial charge is 0.278 e. The van der Waals surface area contributed by atoms with Gasteiger partial charge in [0.15, 0.2) is 10.8 Å². The molecule has 0 saturated heterocycles. The zero-order valence-electron chi connectivity index (χ0n) is 14.7. The number of benzene rings is 1. The van der Waals surface area contributed by atoms with E-state index in [9.17, 15) is 9.59 Å². The van der Waals surface area contributed by atoms with Crippen LogP contribution in [0, 0.1) is 0 Å². The highest BCUT2D eigenvalue weighted by molar-refractivity contribution is 7.16. The number of hydrogen-bond acceptors (Lipinski definition) is 6. The summed E-state index contributed by atoms with van der Waals surface area (Å²) in [6.45, 7) is 3.72. The van der Waals surface area contributed by atoms with Crippen LogP contribution >= 0.6 is 22.7 Å². The van der Waals surface area contributed by atoms with Crippen molar-refractivity contribution < 1.29 is 4.79 Å². The van der Waals surface area contributed by atoms with Crippen LogP contribution in [-0.4, -0.2) is 20.7 Å². The summed E-state index contributed by atoms with van der Waals surface area (Å²) in [5, 5.41) is 12.5. The standard InChI is InChI=1S/C19H16N4O2S2/c1-11(2)23-18(25)13-7-4-3-6-12(13)16(22-23)17(24)21-19-20-14(10-27-19)15-8-5-9-26-15/h3-11H,1-2H3,(H,20,21,24). The minimum Gasteiger partial charge on any atom is -0.296 e. The summed E-state index contributed by atoms with van der Waals surface area (Å²) in [5.41, 5.74) is 0.841. The fraction of sp³-hybridized carbons (Fsp3) is 0.158. The molecule has 0 aliphatic carbocycles. The summed E-state index contributed by atoms with van der Waals surface area (Å²) >= 11 is 2.95. The summed E-state index contributed by atoms with van der Waals surface area (Å²) in [5.74, 6) is -0.382. The second-order valence-corrected chi connectivity index (χ2v) is 8.01. The van der Waals surface area contributed by atoms with Gasteiger partial charge in [0.05, 0.1) is 22.0 Å². The SMILES string of the molecule is CC(C)n1nc(C(=O)Nc2nc(-c3cccs3)cs2)c2ccccc2c1=O. The van der Waals surface area contributed by atoms with Gasteiger partial charge in [-0.1, -0.05) is 24.3 Å². The number of thiophene rings is 1. The minimum absolute atomic E-state index is 0.154. The Morgan fingerprint density at radius 1 is 1.11 bits per heavy atom. The lowest BCUT2D eigenvalue weighted by molar-refractivity contribution is 0.102. The molecule has 1 aromatic carbocycles. The lowest BCUT2D eigenvalue weighted by Gasteiger charge is -2.12. The number of fused-ring (bicyclic) bond motifs is 1. The molecule has 0 bridgehead atoms. The molecule has 1 N–H and O–H groups in total. The Morgan fingerprint density at radius 3 is 2.59 bits per heavy atom. The van der Waals surface area contributed by atoms with Crippen molar-refractivity contribution >= 4 is 44.5 Å². The van der Waals surface area contributed by atoms with Crippen molar-refractivity contribution in [1.29, 1.82) is 0 Å². The van der Waals surface area contributed by atoms with E-state index < -0.39 is 0 Å². The van der Waals surface area contributed by atoms with Crippen LogP contribution in [0.3, 0.4) is 0 Å². The van der Waals surface area contributed by atoms with Gasteiger partial charge in [-0.25, -0.2) is 9.67 Å². The average Bonchev–Trinajstić information content (AvgIpc) is 3.33. The van der Waals surface area contributed by atoms with E-state index >= 15 is 0 Å². The van der Waals surface area contributed by atoms with E-state index in [-0.39, 0.29) is 23.2 Å². The largest absolute Gasteiger partial charge is 0.296 e. The van der Waals surface area contributed by atoms with E-state index in [1.165, 1.54) is 16.0 Å². The van der Waals surface area contributed by atoms with Gasteiger partial charge in [0.1, 0.15) is 0 Å². The monoisotopic (exact) mass is 396 g/mol. The zero-order valence-corrected chi connectivity index (χ0v) is 16.3. The average molecular weight is 396 g/mol. The fourth-order valence-electron chi connectivity index (χ4n) is 2.75. The maximum atomic E-state index is 12.9. The molecule has 0 saturated carbocycles. The molecular formula is C19H16N4O2S2. The predicted molar refractivity (Wildman–Crippen MR) is 110 cm³/mol. The van der Waals surface area contributed by atoms with Crippen LogP contribution in [0.4, 0.5) is 5.13 Å². The molecule has 0 spiro atoms. The van der Waals surface area contributed by atoms with Crippen molar-refractivity contribution in [2.45, 2.75) is 19.9 Å². The number of nitrogens with one attached hydrogen (secondary N) is 1. The molecule has 4 rings (SSSR count). The molecule has 0 radical (unpaired) electrons. The molecule has 27 heavy (non-hydrogen) atoms. The third-order valence-electron chi connectivity index (χ3n) is 4.03. The fourth-order valence-corrected chi connectivity index (χ4v) is 4.22. The van der Waals surface area contributed by atoms with Gasteiger partial charge in [0.2, 0.25) is 0 Å². The molecule has 0 aliphatic heterocycles. The maximum Gasteiger partial charge on any atom is 0.278 e. The first-order valence-corrected chi connectivity index (χ1v) is 10.1. The Bertz CT molecular complexity index is 1180. The van der Waals surface area contributed by atoms with Gasteiger partial charge in [-0.2, -0.15) is 5.10 Å². The molecular weight excluding hydrogens is 380 g/mol. The molecule has 3 aromatic heterocycles. The van der Waals surface area contributed by atoms with Gasteiger partial charge in [-0.15, -0.1) is 22.7 Å². The highest BCUT2D eigenvalue weighted by Gasteiger charge is 2.19. The van der Waals surface area contributed by atoms with Crippen molar-refractivity contribution in [3.8, 4) is 10.6 Å². The molecule has 3 heterocycles. The summed E-state index contributed by atoms with van der Waals surface area (Å²) in [7, 11) is 0. The van der Waals surface area contributed by atoms with Crippen molar-refractivity contribution in [3.05, 3.63) is 63.2 Å². The van der Waals surface area contributed by atoms with E-state index in [1.54, 1.807) is 35.6 Å². The summed E-state index contributed by atoms with van der Waals surface area (Å²) < 4.78 is 1.34. The van der Waals surface area contributed by atoms with Gasteiger partial charge in [-0.05, 0) is 31.4 Å². The Balaban J connectivity index is 1.73. The highest BCUT2D eigenvalue weighted by Crippen LogP contribution is 2.28. The number of nitrogens with zero attached hydrogens (tertiary/aromatic N) is 3. The van der Waals surface area contributed by atoms with Crippen LogP contribution < -0.4 is 10.9 Å². The molecule has 6 nitrogen and oxygen atoms in total. The van der Waals surface area contributed by atoms with Gasteiger partial charge >= 0.3 is 0 Å². The number of carbonyl (C=O) groups is 1. The molecule has 4 aromatic rings. The normalized spacial score (nSPS) is 11.2. The Hall–Kier alpha value is -2.84. The lowest BCUT2D eigenvalue weighted by Crippen LogP contribution is -2.28. The van der Waals surface area contributed by atoms with Gasteiger partial charge in [0, 0.05) is 10.8 Å². The van der Waals surface area contributed by atoms with E-state index in [0.29, 0.717) is 15.9 Å². The van der Waals surface area contributed by atoms with Crippen LogP contribution in [0.2, 0.25) is 0 Å². The summed E-state index contributed by atoms with van der Waals surface area (Å²) in [6, 6.07) is 10.8.